The standard InChI is InChI=1S/C30H35NO5/c1-6-18(3)36-30(33)27-19(4)31-25-16-22(20-8-12-23(34-5)13-9-20)17-26(32)29(25)28(27)21-10-14-24(15-11-21)35-7-2/h8-15,18,22,28,31H,6-7,16-17H2,1-5H3/t18-,22-,28-/m1/s1. The predicted octanol–water partition coefficient (Wildman–Crippen LogP) is 5.80. The van der Waals surface area contributed by atoms with E-state index in [1.165, 1.54) is 0 Å². The number of ether oxygens (including phenoxy) is 3. The van der Waals surface area contributed by atoms with Gasteiger partial charge in [0.05, 0.1) is 25.4 Å². The minimum absolute atomic E-state index is 0.0461. The number of allylic oxidation sites excluding steroid dienone is 3. The van der Waals surface area contributed by atoms with Gasteiger partial charge in [0.15, 0.2) is 5.78 Å². The van der Waals surface area contributed by atoms with Crippen molar-refractivity contribution in [2.75, 3.05) is 13.7 Å². The molecule has 0 spiro atoms. The molecular weight excluding hydrogens is 454 g/mol. The van der Waals surface area contributed by atoms with Crippen molar-refractivity contribution in [1.82, 2.24) is 5.32 Å². The van der Waals surface area contributed by atoms with Gasteiger partial charge >= 0.3 is 5.97 Å². The number of rotatable bonds is 8. The molecule has 36 heavy (non-hydrogen) atoms. The molecule has 1 N–H and O–H groups in total. The first-order chi connectivity index (χ1) is 17.4. The van der Waals surface area contributed by atoms with E-state index in [1.807, 2.05) is 76.2 Å². The molecule has 2 aromatic carbocycles. The van der Waals surface area contributed by atoms with Gasteiger partial charge < -0.3 is 19.5 Å². The third-order valence-corrected chi connectivity index (χ3v) is 7.04. The maximum Gasteiger partial charge on any atom is 0.337 e. The molecule has 1 aliphatic heterocycles. The lowest BCUT2D eigenvalue weighted by molar-refractivity contribution is -0.144. The number of nitrogens with one attached hydrogen (secondary N) is 1. The molecule has 190 valence electrons. The lowest BCUT2D eigenvalue weighted by atomic mass is 9.71. The van der Waals surface area contributed by atoms with E-state index >= 15 is 0 Å². The molecule has 2 aliphatic rings. The third kappa shape index (κ3) is 5.18. The summed E-state index contributed by atoms with van der Waals surface area (Å²) in [6, 6.07) is 15.6. The lowest BCUT2D eigenvalue weighted by Crippen LogP contribution is -2.36. The maximum absolute atomic E-state index is 13.7. The first-order valence-corrected chi connectivity index (χ1v) is 12.7. The molecule has 6 heteroatoms. The van der Waals surface area contributed by atoms with Gasteiger partial charge in [-0.05, 0) is 74.9 Å². The Morgan fingerprint density at radius 1 is 1.00 bits per heavy atom. The Kier molecular flexibility index (Phi) is 7.82. The van der Waals surface area contributed by atoms with Gasteiger partial charge in [-0.3, -0.25) is 4.79 Å². The molecule has 3 atom stereocenters. The fourth-order valence-corrected chi connectivity index (χ4v) is 5.01. The summed E-state index contributed by atoms with van der Waals surface area (Å²) in [7, 11) is 1.64. The van der Waals surface area contributed by atoms with Gasteiger partial charge in [0.25, 0.3) is 0 Å². The molecule has 0 aromatic heterocycles. The highest BCUT2D eigenvalue weighted by atomic mass is 16.5. The molecule has 0 radical (unpaired) electrons. The first kappa shape index (κ1) is 25.5. The van der Waals surface area contributed by atoms with Crippen molar-refractivity contribution >= 4 is 11.8 Å². The van der Waals surface area contributed by atoms with Crippen molar-refractivity contribution in [3.8, 4) is 11.5 Å². The van der Waals surface area contributed by atoms with Crippen molar-refractivity contribution in [2.45, 2.75) is 64.9 Å². The highest BCUT2D eigenvalue weighted by Gasteiger charge is 2.41. The van der Waals surface area contributed by atoms with E-state index in [2.05, 4.69) is 5.32 Å². The molecule has 0 unspecified atom stereocenters. The fourth-order valence-electron chi connectivity index (χ4n) is 5.01. The van der Waals surface area contributed by atoms with Gasteiger partial charge in [-0.25, -0.2) is 4.79 Å². The van der Waals surface area contributed by atoms with Crippen LogP contribution >= 0.6 is 0 Å². The zero-order valence-corrected chi connectivity index (χ0v) is 21.7. The van der Waals surface area contributed by atoms with Gasteiger partial charge in [-0.15, -0.1) is 0 Å². The van der Waals surface area contributed by atoms with Crippen LogP contribution in [0.5, 0.6) is 11.5 Å². The van der Waals surface area contributed by atoms with E-state index in [4.69, 9.17) is 14.2 Å². The molecule has 0 saturated heterocycles. The summed E-state index contributed by atoms with van der Waals surface area (Å²) < 4.78 is 16.6. The molecule has 2 aromatic rings. The fraction of sp³-hybridized carbons (Fsp3) is 0.400. The average Bonchev–Trinajstić information content (AvgIpc) is 2.88. The summed E-state index contributed by atoms with van der Waals surface area (Å²) in [4.78, 5) is 27.1. The highest BCUT2D eigenvalue weighted by Crippen LogP contribution is 2.46. The number of carbonyl (C=O) groups excluding carboxylic acids is 2. The summed E-state index contributed by atoms with van der Waals surface area (Å²) in [5.41, 5.74) is 4.73. The highest BCUT2D eigenvalue weighted by molar-refractivity contribution is 6.04. The van der Waals surface area contributed by atoms with Crippen molar-refractivity contribution < 1.29 is 23.8 Å². The van der Waals surface area contributed by atoms with E-state index in [0.717, 1.165) is 40.4 Å². The van der Waals surface area contributed by atoms with E-state index in [0.29, 0.717) is 30.6 Å². The number of hydrogen-bond acceptors (Lipinski definition) is 6. The molecule has 0 saturated carbocycles. The monoisotopic (exact) mass is 489 g/mol. The molecule has 6 nitrogen and oxygen atoms in total. The number of methoxy groups -OCH3 is 1. The normalized spacial score (nSPS) is 20.4. The molecular formula is C30H35NO5. The van der Waals surface area contributed by atoms with Crippen molar-refractivity contribution in [2.24, 2.45) is 0 Å². The van der Waals surface area contributed by atoms with Gasteiger partial charge in [0, 0.05) is 29.3 Å². The van der Waals surface area contributed by atoms with E-state index in [9.17, 15) is 9.59 Å². The largest absolute Gasteiger partial charge is 0.497 e. The number of Topliss-reactive ketones (excluding diaryl/α,β-unsaturated/α-hetero) is 1. The second kappa shape index (κ2) is 11.0. The van der Waals surface area contributed by atoms with Crippen LogP contribution in [0.2, 0.25) is 0 Å². The topological polar surface area (TPSA) is 73.9 Å². The Morgan fingerprint density at radius 2 is 1.64 bits per heavy atom. The Labute approximate surface area is 213 Å². The first-order valence-electron chi connectivity index (χ1n) is 12.7. The lowest BCUT2D eigenvalue weighted by Gasteiger charge is -2.37. The second-order valence-corrected chi connectivity index (χ2v) is 9.42. The van der Waals surface area contributed by atoms with Gasteiger partial charge in [-0.1, -0.05) is 31.2 Å². The minimum atomic E-state index is -0.488. The molecule has 4 rings (SSSR count). The molecule has 0 bridgehead atoms. The smallest absolute Gasteiger partial charge is 0.337 e. The number of hydrogen-bond donors (Lipinski definition) is 1. The van der Waals surface area contributed by atoms with Crippen LogP contribution in [0.4, 0.5) is 0 Å². The van der Waals surface area contributed by atoms with E-state index in [-0.39, 0.29) is 23.8 Å². The molecule has 1 aliphatic carbocycles. The van der Waals surface area contributed by atoms with Crippen LogP contribution in [0.15, 0.2) is 71.1 Å². The van der Waals surface area contributed by atoms with Gasteiger partial charge in [0.1, 0.15) is 11.5 Å². The summed E-state index contributed by atoms with van der Waals surface area (Å²) in [6.07, 6.45) is 1.57. The Balaban J connectivity index is 1.74. The van der Waals surface area contributed by atoms with Crippen LogP contribution in [0, 0.1) is 0 Å². The Bertz CT molecular complexity index is 1180. The van der Waals surface area contributed by atoms with Crippen molar-refractivity contribution in [3.63, 3.8) is 0 Å². The van der Waals surface area contributed by atoms with Crippen LogP contribution in [-0.2, 0) is 14.3 Å². The predicted molar refractivity (Wildman–Crippen MR) is 139 cm³/mol. The summed E-state index contributed by atoms with van der Waals surface area (Å²) >= 11 is 0. The van der Waals surface area contributed by atoms with Crippen LogP contribution in [0.25, 0.3) is 0 Å². The zero-order chi connectivity index (χ0) is 25.8. The molecule has 0 amide bonds. The maximum atomic E-state index is 13.7. The number of dihydropyridines is 1. The third-order valence-electron chi connectivity index (χ3n) is 7.04. The second-order valence-electron chi connectivity index (χ2n) is 9.42. The van der Waals surface area contributed by atoms with Gasteiger partial charge in [0.2, 0.25) is 0 Å². The summed E-state index contributed by atoms with van der Waals surface area (Å²) in [6.45, 7) is 8.25. The number of benzene rings is 2. The Morgan fingerprint density at radius 3 is 2.25 bits per heavy atom. The molecule has 1 heterocycles. The van der Waals surface area contributed by atoms with Crippen LogP contribution in [0.1, 0.15) is 69.9 Å². The zero-order valence-electron chi connectivity index (χ0n) is 21.7. The average molecular weight is 490 g/mol. The van der Waals surface area contributed by atoms with Crippen molar-refractivity contribution in [1.29, 1.82) is 0 Å². The minimum Gasteiger partial charge on any atom is -0.497 e. The molecule has 0 fully saturated rings. The Hall–Kier alpha value is -3.54. The van der Waals surface area contributed by atoms with E-state index < -0.39 is 5.92 Å². The number of ketones is 1. The van der Waals surface area contributed by atoms with Gasteiger partial charge in [-0.2, -0.15) is 0 Å². The van der Waals surface area contributed by atoms with Crippen LogP contribution < -0.4 is 14.8 Å². The summed E-state index contributed by atoms with van der Waals surface area (Å²) in [5, 5.41) is 3.41. The van der Waals surface area contributed by atoms with Crippen LogP contribution in [0.3, 0.4) is 0 Å². The number of esters is 1. The number of carbonyl (C=O) groups is 2. The SMILES string of the molecule is CCOc1ccc([C@@H]2C(C(=O)O[C@H](C)CC)=C(C)NC3=C2C(=O)C[C@H](c2ccc(OC)cc2)C3)cc1. The van der Waals surface area contributed by atoms with E-state index in [1.54, 1.807) is 7.11 Å². The quantitative estimate of drug-likeness (QED) is 0.473. The van der Waals surface area contributed by atoms with Crippen molar-refractivity contribution in [3.05, 3.63) is 82.2 Å². The van der Waals surface area contributed by atoms with Crippen LogP contribution in [-0.4, -0.2) is 31.6 Å². The summed E-state index contributed by atoms with van der Waals surface area (Å²) in [5.74, 6) is 0.767.